The van der Waals surface area contributed by atoms with E-state index in [4.69, 9.17) is 9.15 Å². The molecule has 1 atom stereocenters. The van der Waals surface area contributed by atoms with Crippen molar-refractivity contribution in [1.82, 2.24) is 9.38 Å². The van der Waals surface area contributed by atoms with Gasteiger partial charge in [0.1, 0.15) is 22.7 Å². The molecule has 0 spiro atoms. The second-order valence-corrected chi connectivity index (χ2v) is 9.42. The van der Waals surface area contributed by atoms with E-state index in [1.165, 1.54) is 6.07 Å². The molecular formula is C30H28N2O5. The van der Waals surface area contributed by atoms with Gasteiger partial charge in [0.2, 0.25) is 0 Å². The number of aromatic carboxylic acids is 1. The van der Waals surface area contributed by atoms with Gasteiger partial charge < -0.3 is 18.7 Å². The first-order valence-electron chi connectivity index (χ1n) is 12.3. The zero-order chi connectivity index (χ0) is 26.1. The summed E-state index contributed by atoms with van der Waals surface area (Å²) < 4.78 is 13.5. The normalized spacial score (nSPS) is 12.2. The minimum absolute atomic E-state index is 0.100. The van der Waals surface area contributed by atoms with Crippen molar-refractivity contribution in [2.24, 2.45) is 0 Å². The van der Waals surface area contributed by atoms with Gasteiger partial charge in [-0.15, -0.1) is 0 Å². The van der Waals surface area contributed by atoms with Crippen molar-refractivity contribution >= 4 is 22.6 Å². The Morgan fingerprint density at radius 1 is 1.14 bits per heavy atom. The van der Waals surface area contributed by atoms with Crippen LogP contribution in [0, 0.1) is 6.92 Å². The van der Waals surface area contributed by atoms with Crippen molar-refractivity contribution in [1.29, 1.82) is 0 Å². The van der Waals surface area contributed by atoms with E-state index in [-0.39, 0.29) is 11.3 Å². The lowest BCUT2D eigenvalue weighted by Gasteiger charge is -2.16. The summed E-state index contributed by atoms with van der Waals surface area (Å²) in [5.74, 6) is 0.304. The number of fused-ring (bicyclic) bond motifs is 2. The molecule has 0 saturated heterocycles. The molecule has 1 unspecified atom stereocenters. The molecule has 37 heavy (non-hydrogen) atoms. The van der Waals surface area contributed by atoms with Crippen LogP contribution in [-0.4, -0.2) is 27.6 Å². The van der Waals surface area contributed by atoms with Crippen molar-refractivity contribution in [2.45, 2.75) is 39.0 Å². The maximum Gasteiger partial charge on any atom is 0.335 e. The maximum atomic E-state index is 13.1. The summed E-state index contributed by atoms with van der Waals surface area (Å²) in [5.41, 5.74) is 4.87. The number of hydrogen-bond donors (Lipinski definition) is 1. The smallest absolute Gasteiger partial charge is 0.335 e. The second kappa shape index (κ2) is 9.93. The molecule has 0 aliphatic heterocycles. The van der Waals surface area contributed by atoms with Gasteiger partial charge in [0.15, 0.2) is 11.2 Å². The lowest BCUT2D eigenvalue weighted by atomic mass is 9.91. The fraction of sp³-hybridized carbons (Fsp3) is 0.233. The molecule has 5 aromatic rings. The van der Waals surface area contributed by atoms with Gasteiger partial charge in [-0.1, -0.05) is 31.2 Å². The highest BCUT2D eigenvalue weighted by Gasteiger charge is 2.18. The average molecular weight is 497 g/mol. The van der Waals surface area contributed by atoms with E-state index < -0.39 is 5.97 Å². The van der Waals surface area contributed by atoms with E-state index in [9.17, 15) is 14.7 Å². The van der Waals surface area contributed by atoms with Gasteiger partial charge in [-0.3, -0.25) is 4.79 Å². The number of nitrogens with zero attached hydrogens (tertiary/aromatic N) is 2. The van der Waals surface area contributed by atoms with Crippen LogP contribution in [0.3, 0.4) is 0 Å². The summed E-state index contributed by atoms with van der Waals surface area (Å²) in [6.07, 6.45) is 5.92. The first-order chi connectivity index (χ1) is 17.8. The molecule has 0 fully saturated rings. The molecule has 0 bridgehead atoms. The van der Waals surface area contributed by atoms with Crippen LogP contribution in [0.15, 0.2) is 76.2 Å². The summed E-state index contributed by atoms with van der Waals surface area (Å²) in [5, 5.41) is 10.0. The Labute approximate surface area is 214 Å². The third-order valence-corrected chi connectivity index (χ3v) is 6.78. The van der Waals surface area contributed by atoms with E-state index in [2.05, 4.69) is 18.0 Å². The third kappa shape index (κ3) is 4.85. The van der Waals surface area contributed by atoms with Gasteiger partial charge >= 0.3 is 5.97 Å². The van der Waals surface area contributed by atoms with Crippen molar-refractivity contribution in [2.75, 3.05) is 7.11 Å². The molecule has 0 saturated carbocycles. The zero-order valence-corrected chi connectivity index (χ0v) is 21.0. The van der Waals surface area contributed by atoms with Crippen LogP contribution in [0.4, 0.5) is 0 Å². The van der Waals surface area contributed by atoms with Gasteiger partial charge in [-0.2, -0.15) is 0 Å². The minimum Gasteiger partial charge on any atom is -0.495 e. The Kier molecular flexibility index (Phi) is 6.53. The number of imidazole rings is 1. The largest absolute Gasteiger partial charge is 0.495 e. The van der Waals surface area contributed by atoms with Crippen molar-refractivity contribution in [3.8, 4) is 17.2 Å². The first kappa shape index (κ1) is 24.3. The van der Waals surface area contributed by atoms with Gasteiger partial charge in [0.05, 0.1) is 24.3 Å². The van der Waals surface area contributed by atoms with Crippen molar-refractivity contribution in [3.05, 3.63) is 99.5 Å². The highest BCUT2D eigenvalue weighted by Crippen LogP contribution is 2.32. The van der Waals surface area contributed by atoms with Crippen LogP contribution in [-0.2, 0) is 6.42 Å². The summed E-state index contributed by atoms with van der Waals surface area (Å²) >= 11 is 0. The van der Waals surface area contributed by atoms with Gasteiger partial charge in [-0.25, -0.2) is 9.78 Å². The Balaban J connectivity index is 1.47. The molecular weight excluding hydrogens is 468 g/mol. The van der Waals surface area contributed by atoms with Crippen LogP contribution in [0.5, 0.6) is 5.75 Å². The number of pyridine rings is 1. The van der Waals surface area contributed by atoms with E-state index in [1.54, 1.807) is 19.2 Å². The molecule has 5 rings (SSSR count). The van der Waals surface area contributed by atoms with Gasteiger partial charge in [0, 0.05) is 12.3 Å². The van der Waals surface area contributed by atoms with Crippen LogP contribution in [0.25, 0.3) is 28.1 Å². The quantitative estimate of drug-likeness (QED) is 0.273. The number of aromatic nitrogens is 2. The Morgan fingerprint density at radius 2 is 1.95 bits per heavy atom. The molecule has 7 heteroatoms. The van der Waals surface area contributed by atoms with Crippen LogP contribution < -0.4 is 10.2 Å². The number of aryl methyl sites for hydroxylation is 2. The number of carboxylic acid groups (broad SMARTS) is 1. The first-order valence-corrected chi connectivity index (χ1v) is 12.3. The number of carboxylic acids is 1. The summed E-state index contributed by atoms with van der Waals surface area (Å²) in [6.45, 7) is 4.09. The SMILES string of the molecule is COc1ccc2nc(-c3cc(=O)c4cc(C)cc(C(C)CCCc5ccccc5C(=O)O)c4o3)cn2c1. The number of methoxy groups -OCH3 is 1. The van der Waals surface area contributed by atoms with Crippen LogP contribution >= 0.6 is 0 Å². The van der Waals surface area contributed by atoms with E-state index in [1.807, 2.05) is 54.0 Å². The molecule has 0 radical (unpaired) electrons. The average Bonchev–Trinajstić information content (AvgIpc) is 3.32. The predicted octanol–water partition coefficient (Wildman–Crippen LogP) is 6.25. The number of carbonyl (C=O) groups is 1. The fourth-order valence-corrected chi connectivity index (χ4v) is 4.84. The highest BCUT2D eigenvalue weighted by atomic mass is 16.5. The van der Waals surface area contributed by atoms with Gasteiger partial charge in [0.25, 0.3) is 0 Å². The Bertz CT molecular complexity index is 1680. The van der Waals surface area contributed by atoms with E-state index >= 15 is 0 Å². The minimum atomic E-state index is -0.909. The fourth-order valence-electron chi connectivity index (χ4n) is 4.84. The molecule has 2 aromatic carbocycles. The monoisotopic (exact) mass is 496 g/mol. The van der Waals surface area contributed by atoms with E-state index in [0.717, 1.165) is 35.2 Å². The standard InChI is InChI=1S/C30H28N2O5/c1-18-13-23(19(2)7-6-9-20-8-4-5-10-22(20)30(34)35)29-24(14-18)26(33)15-27(37-29)25-17-32-16-21(36-3)11-12-28(32)31-25/h4-5,8,10-17,19H,6-7,9H2,1-3H3,(H,34,35). The maximum absolute atomic E-state index is 13.1. The number of benzene rings is 2. The molecule has 3 aromatic heterocycles. The lowest BCUT2D eigenvalue weighted by molar-refractivity contribution is 0.0695. The van der Waals surface area contributed by atoms with Crippen LogP contribution in [0.2, 0.25) is 0 Å². The highest BCUT2D eigenvalue weighted by molar-refractivity contribution is 5.89. The Hall–Kier alpha value is -4.39. The molecule has 188 valence electrons. The summed E-state index contributed by atoms with van der Waals surface area (Å²) in [4.78, 5) is 29.3. The predicted molar refractivity (Wildman–Crippen MR) is 143 cm³/mol. The van der Waals surface area contributed by atoms with Gasteiger partial charge in [-0.05, 0) is 73.1 Å². The summed E-state index contributed by atoms with van der Waals surface area (Å²) in [6, 6.07) is 16.2. The molecule has 7 nitrogen and oxygen atoms in total. The number of ether oxygens (including phenoxy) is 1. The number of rotatable bonds is 8. The van der Waals surface area contributed by atoms with Crippen molar-refractivity contribution in [3.63, 3.8) is 0 Å². The lowest BCUT2D eigenvalue weighted by Crippen LogP contribution is -2.06. The third-order valence-electron chi connectivity index (χ3n) is 6.78. The Morgan fingerprint density at radius 3 is 2.73 bits per heavy atom. The summed E-state index contributed by atoms with van der Waals surface area (Å²) in [7, 11) is 1.61. The number of hydrogen-bond acceptors (Lipinski definition) is 5. The molecule has 3 heterocycles. The van der Waals surface area contributed by atoms with Crippen molar-refractivity contribution < 1.29 is 19.1 Å². The van der Waals surface area contributed by atoms with E-state index in [0.29, 0.717) is 40.2 Å². The molecule has 1 N–H and O–H groups in total. The topological polar surface area (TPSA) is 94.0 Å². The van der Waals surface area contributed by atoms with Crippen LogP contribution in [0.1, 0.15) is 52.7 Å². The molecule has 0 amide bonds. The molecule has 0 aliphatic carbocycles. The molecule has 0 aliphatic rings. The second-order valence-electron chi connectivity index (χ2n) is 9.42. The zero-order valence-electron chi connectivity index (χ0n) is 21.0.